The van der Waals surface area contributed by atoms with E-state index in [9.17, 15) is 0 Å². The first-order chi connectivity index (χ1) is 46.3. The number of nitrogens with one attached hydrogen (secondary N) is 2. The quantitative estimate of drug-likeness (QED) is 0.0283. The zero-order valence-corrected chi connectivity index (χ0v) is 57.7. The van der Waals surface area contributed by atoms with Gasteiger partial charge in [0, 0.05) is 44.5 Å². The Morgan fingerprint density at radius 3 is 0.755 bits per heavy atom. The van der Waals surface area contributed by atoms with Gasteiger partial charge < -0.3 is 38.4 Å². The van der Waals surface area contributed by atoms with E-state index in [2.05, 4.69) is 114 Å². The van der Waals surface area contributed by atoms with Crippen LogP contribution in [0.5, 0.6) is 23.0 Å². The number of fused-ring (bicyclic) bond motifs is 30. The van der Waals surface area contributed by atoms with Crippen LogP contribution in [0.25, 0.3) is 89.7 Å². The number of aromatic nitrogens is 8. The van der Waals surface area contributed by atoms with E-state index < -0.39 is 0 Å². The minimum atomic E-state index is -0.307. The zero-order valence-electron chi connectivity index (χ0n) is 57.7. The second kappa shape index (κ2) is 30.3. The Bertz CT molecular complexity index is 3610. The first-order valence-electron chi connectivity index (χ1n) is 37.1. The number of hydrogen-bond acceptors (Lipinski definition) is 12. The lowest BCUT2D eigenvalue weighted by molar-refractivity contribution is 0.0855. The third-order valence-corrected chi connectivity index (χ3v) is 20.1. The molecule has 0 radical (unpaired) electrons. The molecule has 0 saturated heterocycles. The van der Waals surface area contributed by atoms with Gasteiger partial charge in [-0.05, 0) is 124 Å². The van der Waals surface area contributed by atoms with Crippen LogP contribution in [0.1, 0.15) is 278 Å². The van der Waals surface area contributed by atoms with Crippen LogP contribution in [-0.2, 0) is 35.2 Å². The van der Waals surface area contributed by atoms with Gasteiger partial charge in [0.2, 0.25) is 0 Å². The lowest BCUT2D eigenvalue weighted by Gasteiger charge is -2.20. The average Bonchev–Trinajstić information content (AvgIpc) is 1.54. The molecule has 498 valence electrons. The molecule has 0 unspecified atom stereocenters. The van der Waals surface area contributed by atoms with Gasteiger partial charge >= 0.3 is 0 Å². The number of benzene rings is 4. The third-order valence-electron chi connectivity index (χ3n) is 20.1. The van der Waals surface area contributed by atoms with Gasteiger partial charge in [-0.15, -0.1) is 0 Å². The lowest BCUT2D eigenvalue weighted by atomic mass is 9.91. The minimum Gasteiger partial charge on any atom is -0.492 e. The second-order valence-electron chi connectivity index (χ2n) is 27.2. The van der Waals surface area contributed by atoms with E-state index in [1.165, 1.54) is 99.3 Å². The van der Waals surface area contributed by atoms with Crippen LogP contribution in [0.3, 0.4) is 0 Å². The van der Waals surface area contributed by atoms with Crippen molar-refractivity contribution in [2.24, 2.45) is 0 Å². The fourth-order valence-corrected chi connectivity index (χ4v) is 15.0. The van der Waals surface area contributed by atoms with Crippen LogP contribution in [0.2, 0.25) is 0 Å². The van der Waals surface area contributed by atoms with Crippen LogP contribution in [0.4, 0.5) is 0 Å². The van der Waals surface area contributed by atoms with Gasteiger partial charge in [-0.2, -0.15) is 0 Å². The molecule has 0 spiro atoms. The highest BCUT2D eigenvalue weighted by atomic mass is 16.5. The van der Waals surface area contributed by atoms with Crippen LogP contribution in [0.15, 0.2) is 48.6 Å². The molecule has 12 bridgehead atoms. The fourth-order valence-electron chi connectivity index (χ4n) is 15.0. The molecule has 0 aliphatic carbocycles. The van der Waals surface area contributed by atoms with Gasteiger partial charge in [0.1, 0.15) is 70.0 Å². The largest absolute Gasteiger partial charge is 0.492 e. The molecular formula is C80H102N8O6. The normalized spacial score (nSPS) is 16.9. The van der Waals surface area contributed by atoms with Crippen LogP contribution >= 0.6 is 0 Å². The van der Waals surface area contributed by atoms with Crippen LogP contribution in [-0.4, -0.2) is 66.3 Å². The van der Waals surface area contributed by atoms with Gasteiger partial charge in [0.05, 0.1) is 48.0 Å². The summed E-state index contributed by atoms with van der Waals surface area (Å²) in [5, 5.41) is 3.19. The Morgan fingerprint density at radius 1 is 0.298 bits per heavy atom. The molecule has 0 amide bonds. The molecule has 7 aromatic rings. The SMILES string of the molecule is CCCCCCc1cc2c(cc1CCCCCC)-c1nc-2nc2[nH]c(nc3nc(nc4[nH]c(n1)c1c(OCCCC)c5c(c(OCCCC)c41)[C@H]1C=C[C@@H]5O1)-c1cc(CCCCCC)c(CCCCCC)cc1-3)c1c(OCCCC)c3c(c(OCCCC)c21)[C@@H]1C=C[C@H]3O1. The number of H-pyrrole nitrogens is 2. The Labute approximate surface area is 557 Å². The van der Waals surface area contributed by atoms with Gasteiger partial charge in [0.25, 0.3) is 0 Å². The molecule has 94 heavy (non-hydrogen) atoms. The number of aromatic amines is 2. The van der Waals surface area contributed by atoms with Gasteiger partial charge in [-0.1, -0.05) is 182 Å². The van der Waals surface area contributed by atoms with E-state index in [1.54, 1.807) is 0 Å². The smallest absolute Gasteiger partial charge is 0.164 e. The molecule has 6 aliphatic rings. The topological polar surface area (TPSA) is 164 Å². The summed E-state index contributed by atoms with van der Waals surface area (Å²) < 4.78 is 42.4. The highest BCUT2D eigenvalue weighted by Gasteiger charge is 2.44. The number of aryl methyl sites for hydroxylation is 4. The summed E-state index contributed by atoms with van der Waals surface area (Å²) in [6.45, 7) is 20.1. The molecule has 14 heteroatoms. The highest BCUT2D eigenvalue weighted by Crippen LogP contribution is 2.60. The summed E-state index contributed by atoms with van der Waals surface area (Å²) in [5.41, 5.74) is 15.5. The van der Waals surface area contributed by atoms with Crippen molar-refractivity contribution < 1.29 is 28.4 Å². The maximum Gasteiger partial charge on any atom is 0.164 e. The van der Waals surface area contributed by atoms with Crippen LogP contribution in [0, 0.1) is 0 Å². The molecule has 0 saturated carbocycles. The molecule has 9 heterocycles. The number of hydrogen-bond donors (Lipinski definition) is 2. The summed E-state index contributed by atoms with van der Waals surface area (Å²) in [7, 11) is 0. The average molecular weight is 1270 g/mol. The standard InChI is InChI=1S/C80H102N8O6/c1-9-17-25-29-33-49-45-53-54(46-50(49)34-30-26-18-10-2)74-81-73(53)83-77-65-66(70(90-42-22-14-6)62-58-38-37-57(93-58)61(62)69(65)89-41-21-13-5)79(87-77)85-75-55-47-51(35-31-27-19-11-3)52(36-32-28-20-12-4)48-56(55)76(82-75)86-80-68-67(78(84-74)88-80)71(91-43-23-15-7)63-59-39-40-60(94-59)64(63)72(68)92-44-24-16-8/h37-40,45-48,57-60H,9-36,41-44H2,1-8H3,(H2,81,82,83,84,85,86,87,88)/t57-,58+,59-,60+. The highest BCUT2D eigenvalue weighted by molar-refractivity contribution is 6.15. The van der Waals surface area contributed by atoms with Crippen molar-refractivity contribution in [2.45, 2.75) is 260 Å². The van der Waals surface area contributed by atoms with Crippen molar-refractivity contribution in [3.05, 3.63) is 93.1 Å². The van der Waals surface area contributed by atoms with Crippen molar-refractivity contribution in [1.82, 2.24) is 39.9 Å². The summed E-state index contributed by atoms with van der Waals surface area (Å²) in [6, 6.07) is 9.60. The maximum atomic E-state index is 7.19. The molecule has 4 atom stereocenters. The summed E-state index contributed by atoms with van der Waals surface area (Å²) in [4.78, 5) is 42.6. The Morgan fingerprint density at radius 2 is 0.532 bits per heavy atom. The van der Waals surface area contributed by atoms with Gasteiger partial charge in [-0.3, -0.25) is 0 Å². The molecular weight excluding hydrogens is 1170 g/mol. The van der Waals surface area contributed by atoms with Crippen molar-refractivity contribution >= 4 is 44.1 Å². The predicted octanol–water partition coefficient (Wildman–Crippen LogP) is 21.4. The monoisotopic (exact) mass is 1270 g/mol. The maximum absolute atomic E-state index is 7.19. The Kier molecular flexibility index (Phi) is 21.1. The van der Waals surface area contributed by atoms with Gasteiger partial charge in [-0.25, -0.2) is 29.9 Å². The summed E-state index contributed by atoms with van der Waals surface area (Å²) in [6.07, 6.45) is 37.4. The van der Waals surface area contributed by atoms with Crippen molar-refractivity contribution in [3.63, 3.8) is 0 Å². The summed E-state index contributed by atoms with van der Waals surface area (Å²) in [5.74, 6) is 5.23. The number of ether oxygens (including phenoxy) is 6. The van der Waals surface area contributed by atoms with E-state index in [0.717, 1.165) is 192 Å². The van der Waals surface area contributed by atoms with Crippen molar-refractivity contribution in [2.75, 3.05) is 26.4 Å². The molecule has 13 rings (SSSR count). The van der Waals surface area contributed by atoms with E-state index in [4.69, 9.17) is 58.3 Å². The van der Waals surface area contributed by atoms with Crippen molar-refractivity contribution in [1.29, 1.82) is 0 Å². The zero-order chi connectivity index (χ0) is 64.7. The second-order valence-corrected chi connectivity index (χ2v) is 27.2. The fraction of sp³-hybridized carbons (Fsp3) is 0.550. The number of nitrogens with zero attached hydrogens (tertiary/aromatic N) is 6. The van der Waals surface area contributed by atoms with Crippen LogP contribution < -0.4 is 18.9 Å². The first kappa shape index (κ1) is 65.5. The number of unbranched alkanes of at least 4 members (excludes halogenated alkanes) is 16. The molecule has 0 fully saturated rings. The van der Waals surface area contributed by atoms with E-state index in [1.807, 2.05) is 0 Å². The molecule has 4 aromatic carbocycles. The lowest BCUT2D eigenvalue weighted by Crippen LogP contribution is -2.07. The molecule has 2 N–H and O–H groups in total. The van der Waals surface area contributed by atoms with E-state index >= 15 is 0 Å². The Balaban J connectivity index is 1.20. The summed E-state index contributed by atoms with van der Waals surface area (Å²) >= 11 is 0. The molecule has 3 aromatic heterocycles. The molecule has 6 aliphatic heterocycles. The first-order valence-corrected chi connectivity index (χ1v) is 37.1. The van der Waals surface area contributed by atoms with Crippen molar-refractivity contribution in [3.8, 4) is 68.5 Å². The third kappa shape index (κ3) is 12.9. The van der Waals surface area contributed by atoms with E-state index in [0.29, 0.717) is 72.3 Å². The molecule has 14 nitrogen and oxygen atoms in total. The number of rotatable bonds is 36. The minimum absolute atomic E-state index is 0.307. The van der Waals surface area contributed by atoms with E-state index in [-0.39, 0.29) is 24.4 Å². The predicted molar refractivity (Wildman–Crippen MR) is 380 cm³/mol. The Hall–Kier alpha value is -7.16. The van der Waals surface area contributed by atoms with Gasteiger partial charge in [0.15, 0.2) is 23.3 Å².